The average Bonchev–Trinajstić information content (AvgIpc) is 2.63. The normalized spacial score (nSPS) is 10.0. The molecule has 0 aromatic heterocycles. The van der Waals surface area contributed by atoms with Gasteiger partial charge in [-0.3, -0.25) is 4.79 Å². The minimum Gasteiger partial charge on any atom is -0.457 e. The van der Waals surface area contributed by atoms with Gasteiger partial charge in [0.05, 0.1) is 0 Å². The molecule has 0 spiro atoms. The summed E-state index contributed by atoms with van der Waals surface area (Å²) in [5, 5.41) is 2.73. The number of hydrogen-bond acceptors (Lipinski definition) is 5. The highest BCUT2D eigenvalue weighted by Crippen LogP contribution is 2.30. The fourth-order valence-corrected chi connectivity index (χ4v) is 2.53. The van der Waals surface area contributed by atoms with E-state index in [4.69, 9.17) is 19.0 Å². The lowest BCUT2D eigenvalue weighted by Gasteiger charge is -2.09. The molecule has 0 aliphatic carbocycles. The summed E-state index contributed by atoms with van der Waals surface area (Å²) >= 11 is 0. The number of para-hydroxylation sites is 1. The van der Waals surface area contributed by atoms with E-state index in [0.717, 1.165) is 0 Å². The zero-order chi connectivity index (χ0) is 18.4. The Bertz CT molecular complexity index is 873. The van der Waals surface area contributed by atoms with E-state index in [9.17, 15) is 4.79 Å². The second-order valence-electron chi connectivity index (χ2n) is 5.27. The first kappa shape index (κ1) is 20.8. The van der Waals surface area contributed by atoms with Gasteiger partial charge in [0, 0.05) is 17.3 Å². The summed E-state index contributed by atoms with van der Waals surface area (Å²) in [5.74, 6) is 1.30. The molecule has 0 aliphatic rings. The van der Waals surface area contributed by atoms with Crippen molar-refractivity contribution < 1.29 is 23.8 Å². The largest absolute Gasteiger partial charge is 0.457 e. The fourth-order valence-electron chi connectivity index (χ4n) is 2.23. The van der Waals surface area contributed by atoms with Crippen molar-refractivity contribution in [3.63, 3.8) is 0 Å². The van der Waals surface area contributed by atoms with Crippen LogP contribution in [0.1, 0.15) is 10.4 Å². The third-order valence-corrected chi connectivity index (χ3v) is 3.75. The molecular weight excluding hydrogens is 384 g/mol. The first-order valence-corrected chi connectivity index (χ1v) is 8.87. The van der Waals surface area contributed by atoms with Gasteiger partial charge in [-0.25, -0.2) is 0 Å². The molecule has 3 aromatic carbocycles. The molecule has 3 N–H and O–H groups in total. The Morgan fingerprint density at radius 2 is 1.44 bits per heavy atom. The van der Waals surface area contributed by atoms with Crippen LogP contribution in [0.15, 0.2) is 78.9 Å². The summed E-state index contributed by atoms with van der Waals surface area (Å²) in [6.07, 6.45) is 0. The maximum absolute atomic E-state index is 12.3. The van der Waals surface area contributed by atoms with E-state index in [1.807, 2.05) is 30.3 Å². The molecule has 0 bridgehead atoms. The summed E-state index contributed by atoms with van der Waals surface area (Å²) in [7, 11) is -2.50. The van der Waals surface area contributed by atoms with Crippen LogP contribution in [0.5, 0.6) is 17.2 Å². The zero-order valence-electron chi connectivity index (χ0n) is 14.3. The van der Waals surface area contributed by atoms with Gasteiger partial charge in [-0.15, -0.1) is 0 Å². The van der Waals surface area contributed by atoms with E-state index >= 15 is 0 Å². The average molecular weight is 403 g/mol. The Hall–Kier alpha value is -2.49. The van der Waals surface area contributed by atoms with Crippen LogP contribution in [-0.2, 0) is 0 Å². The molecule has 0 heterocycles. The summed E-state index contributed by atoms with van der Waals surface area (Å²) < 4.78 is 10.5. The SMILES string of the molecule is O=C(Nc1cccc(OP(O)O)c1)c1ccc(Oc2ccccc2)cc1.P. The van der Waals surface area contributed by atoms with Gasteiger partial charge in [-0.2, -0.15) is 9.90 Å². The smallest absolute Gasteiger partial charge is 0.391 e. The second kappa shape index (κ2) is 10.0. The topological polar surface area (TPSA) is 88.0 Å². The van der Waals surface area contributed by atoms with Gasteiger partial charge in [-0.05, 0) is 48.5 Å². The van der Waals surface area contributed by atoms with Crippen molar-refractivity contribution in [3.8, 4) is 17.2 Å². The minimum absolute atomic E-state index is 0. The van der Waals surface area contributed by atoms with Gasteiger partial charge in [0.15, 0.2) is 0 Å². The molecular formula is C19H19NO5P2. The highest BCUT2D eigenvalue weighted by Gasteiger charge is 2.09. The molecule has 0 fully saturated rings. The number of benzene rings is 3. The second-order valence-corrected chi connectivity index (χ2v) is 5.95. The van der Waals surface area contributed by atoms with E-state index in [1.165, 1.54) is 6.07 Å². The maximum Gasteiger partial charge on any atom is 0.391 e. The number of hydrogen-bond donors (Lipinski definition) is 3. The lowest BCUT2D eigenvalue weighted by molar-refractivity contribution is 0.102. The molecule has 0 saturated heterocycles. The van der Waals surface area contributed by atoms with Crippen LogP contribution in [0.25, 0.3) is 0 Å². The highest BCUT2D eigenvalue weighted by molar-refractivity contribution is 7.39. The molecule has 1 amide bonds. The van der Waals surface area contributed by atoms with E-state index in [1.54, 1.807) is 42.5 Å². The van der Waals surface area contributed by atoms with E-state index in [-0.39, 0.29) is 21.6 Å². The molecule has 8 heteroatoms. The van der Waals surface area contributed by atoms with Crippen LogP contribution in [0.4, 0.5) is 5.69 Å². The van der Waals surface area contributed by atoms with Gasteiger partial charge < -0.3 is 24.4 Å². The lowest BCUT2D eigenvalue weighted by atomic mass is 10.2. The Kier molecular flexibility index (Phi) is 7.71. The fraction of sp³-hybridized carbons (Fsp3) is 0. The van der Waals surface area contributed by atoms with Crippen molar-refractivity contribution in [1.82, 2.24) is 0 Å². The van der Waals surface area contributed by atoms with Gasteiger partial charge in [-0.1, -0.05) is 24.3 Å². The molecule has 1 unspecified atom stereocenters. The summed E-state index contributed by atoms with van der Waals surface area (Å²) in [6, 6.07) is 22.5. The standard InChI is InChI=1S/C19H16NO5P.H3P/c21-19(20-15-5-4-8-18(13-15)25-26(22)23)14-9-11-17(12-10-14)24-16-6-2-1-3-7-16;/h1-13,22-23H,(H,20,21);1H3. The summed E-state index contributed by atoms with van der Waals surface area (Å²) in [4.78, 5) is 30.1. The van der Waals surface area contributed by atoms with Crippen molar-refractivity contribution in [2.24, 2.45) is 0 Å². The molecule has 140 valence electrons. The first-order valence-electron chi connectivity index (χ1n) is 7.70. The van der Waals surface area contributed by atoms with Crippen molar-refractivity contribution in [2.45, 2.75) is 0 Å². The predicted octanol–water partition coefficient (Wildman–Crippen LogP) is 4.38. The number of amides is 1. The minimum atomic E-state index is -2.50. The van der Waals surface area contributed by atoms with Crippen LogP contribution in [-0.4, -0.2) is 15.7 Å². The third kappa shape index (κ3) is 6.31. The molecule has 0 saturated carbocycles. The highest BCUT2D eigenvalue weighted by atomic mass is 31.2. The Morgan fingerprint density at radius 1 is 0.815 bits per heavy atom. The van der Waals surface area contributed by atoms with Crippen LogP contribution < -0.4 is 14.6 Å². The molecule has 1 atom stereocenters. The summed E-state index contributed by atoms with van der Waals surface area (Å²) in [6.45, 7) is 0. The number of nitrogens with one attached hydrogen (secondary N) is 1. The van der Waals surface area contributed by atoms with E-state index in [2.05, 4.69) is 5.32 Å². The van der Waals surface area contributed by atoms with Crippen molar-refractivity contribution in [2.75, 3.05) is 5.32 Å². The Morgan fingerprint density at radius 3 is 2.11 bits per heavy atom. The maximum atomic E-state index is 12.3. The molecule has 27 heavy (non-hydrogen) atoms. The molecule has 6 nitrogen and oxygen atoms in total. The van der Waals surface area contributed by atoms with Crippen LogP contribution in [0, 0.1) is 0 Å². The molecule has 3 aromatic rings. The van der Waals surface area contributed by atoms with Gasteiger partial charge >= 0.3 is 8.60 Å². The monoisotopic (exact) mass is 403 g/mol. The number of carbonyl (C=O) groups excluding carboxylic acids is 1. The van der Waals surface area contributed by atoms with Gasteiger partial charge in [0.1, 0.15) is 17.2 Å². The van der Waals surface area contributed by atoms with Crippen molar-refractivity contribution in [1.29, 1.82) is 0 Å². The van der Waals surface area contributed by atoms with Crippen LogP contribution >= 0.6 is 18.5 Å². The number of anilines is 1. The third-order valence-electron chi connectivity index (χ3n) is 3.37. The van der Waals surface area contributed by atoms with Gasteiger partial charge in [0.25, 0.3) is 5.91 Å². The quantitative estimate of drug-likeness (QED) is 0.532. The predicted molar refractivity (Wildman–Crippen MR) is 110 cm³/mol. The van der Waals surface area contributed by atoms with Crippen LogP contribution in [0.2, 0.25) is 0 Å². The lowest BCUT2D eigenvalue weighted by Crippen LogP contribution is -2.11. The molecule has 0 aliphatic heterocycles. The van der Waals surface area contributed by atoms with Gasteiger partial charge in [0.2, 0.25) is 0 Å². The number of ether oxygens (including phenoxy) is 1. The summed E-state index contributed by atoms with van der Waals surface area (Å²) in [5.41, 5.74) is 0.942. The van der Waals surface area contributed by atoms with Crippen molar-refractivity contribution >= 4 is 30.1 Å². The molecule has 3 rings (SSSR count). The zero-order valence-corrected chi connectivity index (χ0v) is 16.6. The Labute approximate surface area is 161 Å². The first-order chi connectivity index (χ1) is 12.6. The Balaban J connectivity index is 0.00000261. The van der Waals surface area contributed by atoms with E-state index < -0.39 is 8.60 Å². The number of rotatable bonds is 6. The number of carbonyl (C=O) groups is 1. The van der Waals surface area contributed by atoms with Crippen molar-refractivity contribution in [3.05, 3.63) is 84.4 Å². The van der Waals surface area contributed by atoms with E-state index in [0.29, 0.717) is 22.7 Å². The van der Waals surface area contributed by atoms with Crippen LogP contribution in [0.3, 0.4) is 0 Å². The molecule has 0 radical (unpaired) electrons.